The van der Waals surface area contributed by atoms with Crippen molar-refractivity contribution in [1.29, 1.82) is 0 Å². The van der Waals surface area contributed by atoms with Crippen molar-refractivity contribution in [3.8, 4) is 17.0 Å². The van der Waals surface area contributed by atoms with Crippen molar-refractivity contribution in [1.82, 2.24) is 4.98 Å². The standard InChI is InChI=1S/C17H11BrF2N2O2S/c1-24-15-5-2-9(6-13(15)20)14-8-25-17(21-14)22-16(23)11-4-3-10(19)7-12(11)18/h2-8H,1H3,(H,21,22,23). The van der Waals surface area contributed by atoms with Crippen LogP contribution >= 0.6 is 27.3 Å². The van der Waals surface area contributed by atoms with Gasteiger partial charge in [-0.2, -0.15) is 0 Å². The van der Waals surface area contributed by atoms with Crippen molar-refractivity contribution in [2.45, 2.75) is 0 Å². The molecule has 0 radical (unpaired) electrons. The average molecular weight is 425 g/mol. The van der Waals surface area contributed by atoms with E-state index in [1.807, 2.05) is 0 Å². The van der Waals surface area contributed by atoms with E-state index in [9.17, 15) is 13.6 Å². The van der Waals surface area contributed by atoms with Crippen LogP contribution in [0.25, 0.3) is 11.3 Å². The summed E-state index contributed by atoms with van der Waals surface area (Å²) in [6.45, 7) is 0. The van der Waals surface area contributed by atoms with E-state index in [4.69, 9.17) is 4.74 Å². The number of nitrogens with one attached hydrogen (secondary N) is 1. The molecule has 0 spiro atoms. The zero-order valence-electron chi connectivity index (χ0n) is 12.8. The number of carbonyl (C=O) groups is 1. The molecule has 1 amide bonds. The van der Waals surface area contributed by atoms with Crippen LogP contribution < -0.4 is 10.1 Å². The molecule has 0 fully saturated rings. The van der Waals surface area contributed by atoms with E-state index in [0.29, 0.717) is 20.9 Å². The molecule has 0 aliphatic rings. The highest BCUT2D eigenvalue weighted by Gasteiger charge is 2.14. The number of carbonyl (C=O) groups excluding carboxylic acids is 1. The highest BCUT2D eigenvalue weighted by atomic mass is 79.9. The first-order chi connectivity index (χ1) is 12.0. The third kappa shape index (κ3) is 3.85. The van der Waals surface area contributed by atoms with Crippen LogP contribution in [0.2, 0.25) is 0 Å². The molecule has 0 unspecified atom stereocenters. The van der Waals surface area contributed by atoms with Crippen molar-refractivity contribution in [3.63, 3.8) is 0 Å². The molecular formula is C17H11BrF2N2O2S. The number of ether oxygens (including phenoxy) is 1. The maximum absolute atomic E-state index is 13.8. The second-order valence-electron chi connectivity index (χ2n) is 4.97. The molecular weight excluding hydrogens is 414 g/mol. The molecule has 25 heavy (non-hydrogen) atoms. The lowest BCUT2D eigenvalue weighted by Crippen LogP contribution is -2.12. The summed E-state index contributed by atoms with van der Waals surface area (Å²) in [6, 6.07) is 8.30. The summed E-state index contributed by atoms with van der Waals surface area (Å²) in [4.78, 5) is 16.5. The molecule has 1 heterocycles. The van der Waals surface area contributed by atoms with Crippen molar-refractivity contribution in [3.05, 3.63) is 63.4 Å². The third-order valence-corrected chi connectivity index (χ3v) is 4.76. The number of halogens is 3. The van der Waals surface area contributed by atoms with Gasteiger partial charge in [0, 0.05) is 15.4 Å². The predicted molar refractivity (Wildman–Crippen MR) is 96.1 cm³/mol. The van der Waals surface area contributed by atoms with Gasteiger partial charge in [-0.15, -0.1) is 11.3 Å². The molecule has 1 aromatic heterocycles. The zero-order valence-corrected chi connectivity index (χ0v) is 15.2. The Labute approximate surface area is 154 Å². The first kappa shape index (κ1) is 17.5. The van der Waals surface area contributed by atoms with Crippen LogP contribution in [0, 0.1) is 11.6 Å². The minimum Gasteiger partial charge on any atom is -0.494 e. The average Bonchev–Trinajstić information content (AvgIpc) is 3.03. The molecule has 1 N–H and O–H groups in total. The number of hydrogen-bond acceptors (Lipinski definition) is 4. The van der Waals surface area contributed by atoms with Gasteiger partial charge in [0.2, 0.25) is 0 Å². The molecule has 8 heteroatoms. The van der Waals surface area contributed by atoms with E-state index >= 15 is 0 Å². The number of methoxy groups -OCH3 is 1. The van der Waals surface area contributed by atoms with E-state index < -0.39 is 17.5 Å². The lowest BCUT2D eigenvalue weighted by Gasteiger charge is -2.04. The molecule has 3 aromatic rings. The summed E-state index contributed by atoms with van der Waals surface area (Å²) < 4.78 is 32.1. The van der Waals surface area contributed by atoms with Gasteiger partial charge in [-0.1, -0.05) is 0 Å². The Morgan fingerprint density at radius 2 is 2.04 bits per heavy atom. The van der Waals surface area contributed by atoms with Crippen molar-refractivity contribution >= 4 is 38.3 Å². The van der Waals surface area contributed by atoms with E-state index in [-0.39, 0.29) is 11.3 Å². The fraction of sp³-hybridized carbons (Fsp3) is 0.0588. The quantitative estimate of drug-likeness (QED) is 0.632. The van der Waals surface area contributed by atoms with Crippen molar-refractivity contribution in [2.75, 3.05) is 12.4 Å². The molecule has 0 aliphatic carbocycles. The molecule has 0 bridgehead atoms. The first-order valence-electron chi connectivity index (χ1n) is 7.04. The highest BCUT2D eigenvalue weighted by Crippen LogP contribution is 2.29. The topological polar surface area (TPSA) is 51.2 Å². The van der Waals surface area contributed by atoms with Crippen molar-refractivity contribution < 1.29 is 18.3 Å². The number of benzene rings is 2. The molecule has 0 saturated heterocycles. The molecule has 2 aromatic carbocycles. The SMILES string of the molecule is COc1ccc(-c2csc(NC(=O)c3ccc(F)cc3Br)n2)cc1F. The van der Waals surface area contributed by atoms with Crippen LogP contribution in [0.3, 0.4) is 0 Å². The number of thiazole rings is 1. The fourth-order valence-corrected chi connectivity index (χ4v) is 3.37. The molecule has 0 atom stereocenters. The maximum atomic E-state index is 13.8. The number of rotatable bonds is 4. The Morgan fingerprint density at radius 3 is 2.72 bits per heavy atom. The van der Waals surface area contributed by atoms with Gasteiger partial charge >= 0.3 is 0 Å². The summed E-state index contributed by atoms with van der Waals surface area (Å²) in [5.41, 5.74) is 1.38. The number of aromatic nitrogens is 1. The van der Waals surface area contributed by atoms with Crippen LogP contribution in [0.4, 0.5) is 13.9 Å². The van der Waals surface area contributed by atoms with Gasteiger partial charge in [-0.25, -0.2) is 13.8 Å². The first-order valence-corrected chi connectivity index (χ1v) is 8.71. The molecule has 0 saturated carbocycles. The third-order valence-electron chi connectivity index (χ3n) is 3.35. The normalized spacial score (nSPS) is 10.6. The van der Waals surface area contributed by atoms with Crippen LogP contribution in [-0.4, -0.2) is 18.0 Å². The molecule has 3 rings (SSSR count). The predicted octanol–water partition coefficient (Wildman–Crippen LogP) is 5.11. The second kappa shape index (κ2) is 7.28. The highest BCUT2D eigenvalue weighted by molar-refractivity contribution is 9.10. The van der Waals surface area contributed by atoms with Gasteiger partial charge in [0.05, 0.1) is 18.4 Å². The Balaban J connectivity index is 1.79. The van der Waals surface area contributed by atoms with Crippen molar-refractivity contribution in [2.24, 2.45) is 0 Å². The number of anilines is 1. The van der Waals surface area contributed by atoms with E-state index in [0.717, 1.165) is 0 Å². The Bertz CT molecular complexity index is 946. The van der Waals surface area contributed by atoms with Gasteiger partial charge in [0.1, 0.15) is 5.82 Å². The van der Waals surface area contributed by atoms with Crippen LogP contribution in [0.15, 0.2) is 46.3 Å². The second-order valence-corrected chi connectivity index (χ2v) is 6.68. The fourth-order valence-electron chi connectivity index (χ4n) is 2.13. The van der Waals surface area contributed by atoms with E-state index in [1.165, 1.54) is 48.8 Å². The number of hydrogen-bond donors (Lipinski definition) is 1. The van der Waals surface area contributed by atoms with Gasteiger partial charge in [0.15, 0.2) is 16.7 Å². The summed E-state index contributed by atoms with van der Waals surface area (Å²) in [5.74, 6) is -1.21. The Morgan fingerprint density at radius 1 is 1.24 bits per heavy atom. The smallest absolute Gasteiger partial charge is 0.258 e. The monoisotopic (exact) mass is 424 g/mol. The zero-order chi connectivity index (χ0) is 18.0. The number of nitrogens with zero attached hydrogens (tertiary/aromatic N) is 1. The lowest BCUT2D eigenvalue weighted by molar-refractivity contribution is 0.102. The Kier molecular flexibility index (Phi) is 5.10. The van der Waals surface area contributed by atoms with Gasteiger partial charge < -0.3 is 4.74 Å². The number of amides is 1. The van der Waals surface area contributed by atoms with Gasteiger partial charge in [0.25, 0.3) is 5.91 Å². The maximum Gasteiger partial charge on any atom is 0.258 e. The van der Waals surface area contributed by atoms with Gasteiger partial charge in [-0.3, -0.25) is 10.1 Å². The summed E-state index contributed by atoms with van der Waals surface area (Å²) in [7, 11) is 1.39. The molecule has 4 nitrogen and oxygen atoms in total. The van der Waals surface area contributed by atoms with Crippen LogP contribution in [-0.2, 0) is 0 Å². The molecule has 128 valence electrons. The minimum absolute atomic E-state index is 0.147. The van der Waals surface area contributed by atoms with Crippen LogP contribution in [0.1, 0.15) is 10.4 Å². The summed E-state index contributed by atoms with van der Waals surface area (Å²) >= 11 is 4.36. The largest absolute Gasteiger partial charge is 0.494 e. The van der Waals surface area contributed by atoms with E-state index in [1.54, 1.807) is 11.4 Å². The van der Waals surface area contributed by atoms with Gasteiger partial charge in [-0.05, 0) is 52.3 Å². The molecule has 0 aliphatic heterocycles. The van der Waals surface area contributed by atoms with E-state index in [2.05, 4.69) is 26.2 Å². The summed E-state index contributed by atoms with van der Waals surface area (Å²) in [6.07, 6.45) is 0. The minimum atomic E-state index is -0.492. The summed E-state index contributed by atoms with van der Waals surface area (Å²) in [5, 5.41) is 4.70. The lowest BCUT2D eigenvalue weighted by atomic mass is 10.1. The van der Waals surface area contributed by atoms with Crippen LogP contribution in [0.5, 0.6) is 5.75 Å². The Hall–Kier alpha value is -2.32.